The summed E-state index contributed by atoms with van der Waals surface area (Å²) in [5.74, 6) is -0.879. The molecule has 17 heavy (non-hydrogen) atoms. The van der Waals surface area contributed by atoms with Crippen molar-refractivity contribution in [3.05, 3.63) is 21.4 Å². The molecule has 0 aliphatic heterocycles. The van der Waals surface area contributed by atoms with Crippen LogP contribution in [0.4, 0.5) is 0 Å². The largest absolute Gasteiger partial charge is 0.477 e. The van der Waals surface area contributed by atoms with Gasteiger partial charge in [0.25, 0.3) is 0 Å². The number of thiophene rings is 1. The van der Waals surface area contributed by atoms with Crippen LogP contribution in [-0.2, 0) is 16.1 Å². The summed E-state index contributed by atoms with van der Waals surface area (Å²) in [7, 11) is 0. The topological polar surface area (TPSA) is 55.8 Å². The third-order valence-electron chi connectivity index (χ3n) is 2.21. The van der Waals surface area contributed by atoms with Crippen LogP contribution in [-0.4, -0.2) is 30.9 Å². The minimum Gasteiger partial charge on any atom is -0.477 e. The van der Waals surface area contributed by atoms with Crippen molar-refractivity contribution in [1.29, 1.82) is 0 Å². The van der Waals surface area contributed by atoms with E-state index in [1.165, 1.54) is 11.3 Å². The number of aryl methyl sites for hydroxylation is 1. The molecule has 0 spiro atoms. The summed E-state index contributed by atoms with van der Waals surface area (Å²) in [4.78, 5) is 12.1. The summed E-state index contributed by atoms with van der Waals surface area (Å²) >= 11 is 1.28. The van der Waals surface area contributed by atoms with Crippen LogP contribution in [0, 0.1) is 6.92 Å². The zero-order valence-corrected chi connectivity index (χ0v) is 11.0. The second-order valence-corrected chi connectivity index (χ2v) is 4.92. The van der Waals surface area contributed by atoms with Gasteiger partial charge >= 0.3 is 5.97 Å². The fourth-order valence-corrected chi connectivity index (χ4v) is 2.18. The molecule has 0 aliphatic rings. The van der Waals surface area contributed by atoms with E-state index >= 15 is 0 Å². The molecule has 1 rings (SSSR count). The zero-order chi connectivity index (χ0) is 12.7. The summed E-state index contributed by atoms with van der Waals surface area (Å²) in [6.45, 7) is 6.29. The number of carboxylic acid groups (broad SMARTS) is 1. The lowest BCUT2D eigenvalue weighted by Gasteiger charge is -2.04. The van der Waals surface area contributed by atoms with E-state index in [1.807, 2.05) is 6.92 Å². The predicted octanol–water partition coefficient (Wildman–Crippen LogP) is 2.70. The highest BCUT2D eigenvalue weighted by Gasteiger charge is 2.10. The van der Waals surface area contributed by atoms with Crippen LogP contribution >= 0.6 is 11.3 Å². The van der Waals surface area contributed by atoms with Gasteiger partial charge < -0.3 is 14.6 Å². The number of hydrogen-bond acceptors (Lipinski definition) is 4. The molecule has 0 atom stereocenters. The fourth-order valence-electron chi connectivity index (χ4n) is 1.31. The van der Waals surface area contributed by atoms with Gasteiger partial charge in [-0.15, -0.1) is 11.3 Å². The van der Waals surface area contributed by atoms with Gasteiger partial charge in [0, 0.05) is 11.5 Å². The number of aromatic carboxylic acids is 1. The lowest BCUT2D eigenvalue weighted by Crippen LogP contribution is -2.04. The van der Waals surface area contributed by atoms with Crippen molar-refractivity contribution in [3.63, 3.8) is 0 Å². The van der Waals surface area contributed by atoms with Gasteiger partial charge in [-0.25, -0.2) is 4.79 Å². The van der Waals surface area contributed by atoms with Gasteiger partial charge in [-0.2, -0.15) is 0 Å². The Balaban J connectivity index is 2.29. The van der Waals surface area contributed by atoms with Crippen molar-refractivity contribution < 1.29 is 19.4 Å². The Bertz CT molecular complexity index is 359. The predicted molar refractivity (Wildman–Crippen MR) is 66.8 cm³/mol. The Morgan fingerprint density at radius 3 is 2.65 bits per heavy atom. The third-order valence-corrected chi connectivity index (χ3v) is 3.29. The lowest BCUT2D eigenvalue weighted by atomic mass is 10.2. The van der Waals surface area contributed by atoms with Gasteiger partial charge in [0.05, 0.1) is 19.8 Å². The van der Waals surface area contributed by atoms with E-state index in [-0.39, 0.29) is 0 Å². The van der Waals surface area contributed by atoms with E-state index in [2.05, 4.69) is 6.92 Å². The van der Waals surface area contributed by atoms with Crippen LogP contribution in [0.1, 0.15) is 33.5 Å². The maximum atomic E-state index is 10.8. The SMILES string of the molecule is CCCOCCOCc1cc(C(=O)O)sc1C. The van der Waals surface area contributed by atoms with Gasteiger partial charge in [0.15, 0.2) is 0 Å². The molecular weight excluding hydrogens is 240 g/mol. The maximum absolute atomic E-state index is 10.8. The lowest BCUT2D eigenvalue weighted by molar-refractivity contribution is 0.0408. The molecule has 1 aromatic heterocycles. The molecule has 0 fully saturated rings. The first-order valence-electron chi connectivity index (χ1n) is 5.63. The molecule has 0 aliphatic carbocycles. The molecule has 1 heterocycles. The van der Waals surface area contributed by atoms with Crippen molar-refractivity contribution in [2.24, 2.45) is 0 Å². The van der Waals surface area contributed by atoms with Crippen LogP contribution in [0.2, 0.25) is 0 Å². The average molecular weight is 258 g/mol. The third kappa shape index (κ3) is 4.85. The molecule has 0 radical (unpaired) electrons. The Labute approximate surface area is 105 Å². The van der Waals surface area contributed by atoms with Gasteiger partial charge in [0.2, 0.25) is 0 Å². The summed E-state index contributed by atoms with van der Waals surface area (Å²) in [5, 5.41) is 8.84. The number of carbonyl (C=O) groups is 1. The Morgan fingerprint density at radius 2 is 2.06 bits per heavy atom. The normalized spacial score (nSPS) is 10.7. The monoisotopic (exact) mass is 258 g/mol. The molecule has 1 aromatic rings. The first-order chi connectivity index (χ1) is 8.15. The van der Waals surface area contributed by atoms with Gasteiger partial charge in [-0.05, 0) is 25.0 Å². The highest BCUT2D eigenvalue weighted by atomic mass is 32.1. The van der Waals surface area contributed by atoms with Crippen molar-refractivity contribution in [3.8, 4) is 0 Å². The number of carboxylic acids is 1. The number of ether oxygens (including phenoxy) is 2. The number of rotatable bonds is 8. The summed E-state index contributed by atoms with van der Waals surface area (Å²) in [6.07, 6.45) is 1.01. The Morgan fingerprint density at radius 1 is 1.35 bits per heavy atom. The molecule has 1 N–H and O–H groups in total. The van der Waals surface area contributed by atoms with Crippen LogP contribution in [0.25, 0.3) is 0 Å². The van der Waals surface area contributed by atoms with Gasteiger partial charge in [-0.3, -0.25) is 0 Å². The maximum Gasteiger partial charge on any atom is 0.345 e. The van der Waals surface area contributed by atoms with Crippen LogP contribution in [0.5, 0.6) is 0 Å². The van der Waals surface area contributed by atoms with Crippen LogP contribution in [0.15, 0.2) is 6.07 Å². The average Bonchev–Trinajstić information content (AvgIpc) is 2.65. The Kier molecular flexibility index (Phi) is 6.18. The fraction of sp³-hybridized carbons (Fsp3) is 0.583. The first kappa shape index (κ1) is 14.2. The van der Waals surface area contributed by atoms with E-state index in [0.29, 0.717) is 24.7 Å². The summed E-state index contributed by atoms with van der Waals surface area (Å²) in [5.41, 5.74) is 0.947. The van der Waals surface area contributed by atoms with E-state index in [1.54, 1.807) is 6.07 Å². The Hall–Kier alpha value is -0.910. The molecule has 4 nitrogen and oxygen atoms in total. The van der Waals surface area contributed by atoms with Crippen LogP contribution in [0.3, 0.4) is 0 Å². The highest BCUT2D eigenvalue weighted by Crippen LogP contribution is 2.22. The van der Waals surface area contributed by atoms with E-state index in [4.69, 9.17) is 14.6 Å². The van der Waals surface area contributed by atoms with Crippen LogP contribution < -0.4 is 0 Å². The van der Waals surface area contributed by atoms with E-state index in [9.17, 15) is 4.79 Å². The van der Waals surface area contributed by atoms with E-state index in [0.717, 1.165) is 23.5 Å². The smallest absolute Gasteiger partial charge is 0.345 e. The minimum atomic E-state index is -0.879. The standard InChI is InChI=1S/C12H18O4S/c1-3-4-15-5-6-16-8-10-7-11(12(13)14)17-9(10)2/h7H,3-6,8H2,1-2H3,(H,13,14). The molecule has 96 valence electrons. The van der Waals surface area contributed by atoms with Crippen molar-refractivity contribution >= 4 is 17.3 Å². The summed E-state index contributed by atoms with van der Waals surface area (Å²) in [6, 6.07) is 1.68. The highest BCUT2D eigenvalue weighted by molar-refractivity contribution is 7.14. The molecule has 0 saturated heterocycles. The molecule has 0 amide bonds. The molecule has 0 aromatic carbocycles. The molecular formula is C12H18O4S. The molecule has 0 bridgehead atoms. The van der Waals surface area contributed by atoms with Crippen molar-refractivity contribution in [2.75, 3.05) is 19.8 Å². The molecule has 0 unspecified atom stereocenters. The van der Waals surface area contributed by atoms with Gasteiger partial charge in [-0.1, -0.05) is 6.92 Å². The molecule has 0 saturated carbocycles. The zero-order valence-electron chi connectivity index (χ0n) is 10.2. The number of hydrogen-bond donors (Lipinski definition) is 1. The summed E-state index contributed by atoms with van der Waals surface area (Å²) < 4.78 is 10.7. The van der Waals surface area contributed by atoms with E-state index < -0.39 is 5.97 Å². The van der Waals surface area contributed by atoms with Gasteiger partial charge in [0.1, 0.15) is 4.88 Å². The van der Waals surface area contributed by atoms with Crippen molar-refractivity contribution in [1.82, 2.24) is 0 Å². The first-order valence-corrected chi connectivity index (χ1v) is 6.45. The second-order valence-electron chi connectivity index (χ2n) is 3.66. The minimum absolute atomic E-state index is 0.364. The molecule has 5 heteroatoms. The second kappa shape index (κ2) is 7.42. The quantitative estimate of drug-likeness (QED) is 0.728. The van der Waals surface area contributed by atoms with Crippen molar-refractivity contribution in [2.45, 2.75) is 26.9 Å².